The molecule has 0 saturated heterocycles. The molecule has 1 aliphatic heterocycles. The Morgan fingerprint density at radius 3 is 2.71 bits per heavy atom. The highest BCUT2D eigenvalue weighted by atomic mass is 19.1. The number of nitro benzene ring substituents is 1. The molecule has 90 valence electrons. The monoisotopic (exact) mass is 238 g/mol. The summed E-state index contributed by atoms with van der Waals surface area (Å²) in [6, 6.07) is 2.19. The predicted molar refractivity (Wildman–Crippen MR) is 59.2 cm³/mol. The van der Waals surface area contributed by atoms with E-state index >= 15 is 0 Å². The van der Waals surface area contributed by atoms with Gasteiger partial charge in [-0.2, -0.15) is 4.39 Å². The van der Waals surface area contributed by atoms with Crippen LogP contribution < -0.4 is 5.32 Å². The maximum absolute atomic E-state index is 13.4. The third-order valence-corrected chi connectivity index (χ3v) is 2.86. The predicted octanol–water partition coefficient (Wildman–Crippen LogP) is 2.25. The Balaban J connectivity index is 2.54. The second kappa shape index (κ2) is 3.51. The second-order valence-corrected chi connectivity index (χ2v) is 4.73. The fourth-order valence-electron chi connectivity index (χ4n) is 1.86. The molecule has 0 saturated carbocycles. The largest absolute Gasteiger partial charge is 0.325 e. The highest BCUT2D eigenvalue weighted by Gasteiger charge is 2.35. The van der Waals surface area contributed by atoms with Crippen LogP contribution >= 0.6 is 0 Å². The first-order valence-electron chi connectivity index (χ1n) is 5.09. The Hall–Kier alpha value is -1.98. The van der Waals surface area contributed by atoms with Gasteiger partial charge < -0.3 is 5.32 Å². The summed E-state index contributed by atoms with van der Waals surface area (Å²) in [5.74, 6) is -1.15. The molecule has 0 radical (unpaired) electrons. The van der Waals surface area contributed by atoms with Gasteiger partial charge in [0.1, 0.15) is 0 Å². The average Bonchev–Trinajstić information content (AvgIpc) is 2.19. The van der Waals surface area contributed by atoms with Gasteiger partial charge >= 0.3 is 5.69 Å². The number of fused-ring (bicyclic) bond motifs is 1. The summed E-state index contributed by atoms with van der Waals surface area (Å²) >= 11 is 0. The topological polar surface area (TPSA) is 72.2 Å². The lowest BCUT2D eigenvalue weighted by Crippen LogP contribution is -2.37. The van der Waals surface area contributed by atoms with Crippen molar-refractivity contribution >= 4 is 17.3 Å². The summed E-state index contributed by atoms with van der Waals surface area (Å²) in [4.78, 5) is 21.5. The van der Waals surface area contributed by atoms with Gasteiger partial charge in [-0.05, 0) is 12.0 Å². The smallest absolute Gasteiger partial charge is 0.305 e. The van der Waals surface area contributed by atoms with Crippen molar-refractivity contribution in [1.82, 2.24) is 0 Å². The van der Waals surface area contributed by atoms with Crippen molar-refractivity contribution < 1.29 is 14.1 Å². The standard InChI is InChI=1S/C11H11FN2O3/c1-11(2)5-6-3-9(14(16)17)7(12)4-8(6)13-10(11)15/h3-4H,5H2,1-2H3,(H,13,15). The van der Waals surface area contributed by atoms with E-state index < -0.39 is 21.8 Å². The molecule has 0 aliphatic carbocycles. The Morgan fingerprint density at radius 2 is 2.12 bits per heavy atom. The van der Waals surface area contributed by atoms with Crippen molar-refractivity contribution in [2.24, 2.45) is 5.41 Å². The van der Waals surface area contributed by atoms with Gasteiger partial charge in [0.2, 0.25) is 11.7 Å². The number of anilines is 1. The highest BCUT2D eigenvalue weighted by Crippen LogP contribution is 2.36. The summed E-state index contributed by atoms with van der Waals surface area (Å²) in [6.07, 6.45) is 0.356. The number of carbonyl (C=O) groups is 1. The van der Waals surface area contributed by atoms with Crippen molar-refractivity contribution in [1.29, 1.82) is 0 Å². The zero-order valence-electron chi connectivity index (χ0n) is 9.41. The van der Waals surface area contributed by atoms with Crippen molar-refractivity contribution in [2.75, 3.05) is 5.32 Å². The fourth-order valence-corrected chi connectivity index (χ4v) is 1.86. The number of hydrogen-bond donors (Lipinski definition) is 1. The first kappa shape index (κ1) is 11.5. The van der Waals surface area contributed by atoms with Gasteiger partial charge in [0.15, 0.2) is 0 Å². The molecule has 1 amide bonds. The van der Waals surface area contributed by atoms with Gasteiger partial charge in [-0.3, -0.25) is 14.9 Å². The minimum Gasteiger partial charge on any atom is -0.325 e. The van der Waals surface area contributed by atoms with E-state index in [0.29, 0.717) is 17.7 Å². The van der Waals surface area contributed by atoms with Crippen LogP contribution in [0.2, 0.25) is 0 Å². The Morgan fingerprint density at radius 1 is 1.47 bits per heavy atom. The number of nitrogens with zero attached hydrogens (tertiary/aromatic N) is 1. The van der Waals surface area contributed by atoms with Crippen LogP contribution in [-0.4, -0.2) is 10.8 Å². The lowest BCUT2D eigenvalue weighted by Gasteiger charge is -2.30. The molecule has 0 bridgehead atoms. The maximum atomic E-state index is 13.4. The summed E-state index contributed by atoms with van der Waals surface area (Å²) in [5.41, 5.74) is -0.297. The SMILES string of the molecule is CC1(C)Cc2cc([N+](=O)[O-])c(F)cc2NC1=O. The molecule has 2 rings (SSSR count). The minimum absolute atomic E-state index is 0.210. The molecule has 0 atom stereocenters. The van der Waals surface area contributed by atoms with Crippen LogP contribution in [0.5, 0.6) is 0 Å². The van der Waals surface area contributed by atoms with Crippen LogP contribution in [0, 0.1) is 21.3 Å². The van der Waals surface area contributed by atoms with Crippen molar-refractivity contribution in [2.45, 2.75) is 20.3 Å². The van der Waals surface area contributed by atoms with Gasteiger partial charge in [-0.1, -0.05) is 13.8 Å². The van der Waals surface area contributed by atoms with Crippen LogP contribution in [0.4, 0.5) is 15.8 Å². The number of rotatable bonds is 1. The molecule has 1 heterocycles. The van der Waals surface area contributed by atoms with Gasteiger partial charge in [-0.25, -0.2) is 0 Å². The Kier molecular flexibility index (Phi) is 2.38. The van der Waals surface area contributed by atoms with Crippen LogP contribution in [0.25, 0.3) is 0 Å². The van der Waals surface area contributed by atoms with E-state index in [0.717, 1.165) is 6.07 Å². The number of amides is 1. The number of nitrogens with one attached hydrogen (secondary N) is 1. The lowest BCUT2D eigenvalue weighted by molar-refractivity contribution is -0.387. The van der Waals surface area contributed by atoms with Crippen LogP contribution in [-0.2, 0) is 11.2 Å². The Labute approximate surface area is 96.8 Å². The van der Waals surface area contributed by atoms with Gasteiger partial charge in [0, 0.05) is 23.2 Å². The fraction of sp³-hybridized carbons (Fsp3) is 0.364. The summed E-state index contributed by atoms with van der Waals surface area (Å²) < 4.78 is 13.4. The third kappa shape index (κ3) is 1.86. The number of benzene rings is 1. The van der Waals surface area contributed by atoms with Crippen LogP contribution in [0.3, 0.4) is 0 Å². The third-order valence-electron chi connectivity index (χ3n) is 2.86. The molecule has 0 unspecified atom stereocenters. The number of nitro groups is 1. The normalized spacial score (nSPS) is 17.2. The highest BCUT2D eigenvalue weighted by molar-refractivity contribution is 5.98. The van der Waals surface area contributed by atoms with Crippen LogP contribution in [0.15, 0.2) is 12.1 Å². The number of halogens is 1. The number of hydrogen-bond acceptors (Lipinski definition) is 3. The molecule has 6 heteroatoms. The molecular formula is C11H11FN2O3. The van der Waals surface area contributed by atoms with Crippen LogP contribution in [0.1, 0.15) is 19.4 Å². The minimum atomic E-state index is -0.936. The maximum Gasteiger partial charge on any atom is 0.305 e. The van der Waals surface area contributed by atoms with Gasteiger partial charge in [-0.15, -0.1) is 0 Å². The van der Waals surface area contributed by atoms with E-state index in [1.165, 1.54) is 6.07 Å². The van der Waals surface area contributed by atoms with Crippen molar-refractivity contribution in [3.05, 3.63) is 33.6 Å². The molecule has 0 aromatic heterocycles. The van der Waals surface area contributed by atoms with E-state index in [4.69, 9.17) is 0 Å². The summed E-state index contributed by atoms with van der Waals surface area (Å²) in [7, 11) is 0. The molecule has 5 nitrogen and oxygen atoms in total. The van der Waals surface area contributed by atoms with E-state index in [9.17, 15) is 19.3 Å². The average molecular weight is 238 g/mol. The molecule has 1 aromatic carbocycles. The molecule has 0 spiro atoms. The molecule has 1 aromatic rings. The molecule has 1 N–H and O–H groups in total. The Bertz CT molecular complexity index is 526. The summed E-state index contributed by atoms with van der Waals surface area (Å²) in [5, 5.41) is 13.2. The quantitative estimate of drug-likeness (QED) is 0.602. The van der Waals surface area contributed by atoms with Gasteiger partial charge in [0.25, 0.3) is 0 Å². The van der Waals surface area contributed by atoms with E-state index in [1.807, 2.05) is 0 Å². The number of carbonyl (C=O) groups excluding carboxylic acids is 1. The first-order valence-corrected chi connectivity index (χ1v) is 5.09. The zero-order valence-corrected chi connectivity index (χ0v) is 9.41. The lowest BCUT2D eigenvalue weighted by atomic mass is 9.81. The van der Waals surface area contributed by atoms with Gasteiger partial charge in [0.05, 0.1) is 4.92 Å². The van der Waals surface area contributed by atoms with Crippen molar-refractivity contribution in [3.63, 3.8) is 0 Å². The molecular weight excluding hydrogens is 227 g/mol. The second-order valence-electron chi connectivity index (χ2n) is 4.73. The zero-order chi connectivity index (χ0) is 12.8. The first-order chi connectivity index (χ1) is 7.81. The van der Waals surface area contributed by atoms with Crippen molar-refractivity contribution in [3.8, 4) is 0 Å². The molecule has 17 heavy (non-hydrogen) atoms. The van der Waals surface area contributed by atoms with E-state index in [1.54, 1.807) is 13.8 Å². The molecule has 0 fully saturated rings. The summed E-state index contributed by atoms with van der Waals surface area (Å²) in [6.45, 7) is 3.47. The van der Waals surface area contributed by atoms with E-state index in [2.05, 4.69) is 5.32 Å². The van der Waals surface area contributed by atoms with E-state index in [-0.39, 0.29) is 5.91 Å². The molecule has 1 aliphatic rings.